The SMILES string of the molecule is Cc1csc(NC(=O)C2CCN(C(=O)c3csc(COc4ccc(Cl)cc4)n3)CC2)n1. The van der Waals surface area contributed by atoms with Gasteiger partial charge in [0.05, 0.1) is 5.69 Å². The number of carbonyl (C=O) groups excluding carboxylic acids is 2. The zero-order valence-corrected chi connectivity index (χ0v) is 19.2. The fourth-order valence-electron chi connectivity index (χ4n) is 3.28. The highest BCUT2D eigenvalue weighted by Crippen LogP contribution is 2.23. The predicted molar refractivity (Wildman–Crippen MR) is 122 cm³/mol. The molecule has 0 aliphatic carbocycles. The normalized spacial score (nSPS) is 14.5. The minimum Gasteiger partial charge on any atom is -0.486 e. The molecule has 1 aliphatic heterocycles. The van der Waals surface area contributed by atoms with Crippen LogP contribution in [-0.2, 0) is 11.4 Å². The summed E-state index contributed by atoms with van der Waals surface area (Å²) in [5.74, 6) is 0.438. The molecule has 0 radical (unpaired) electrons. The third-order valence-corrected chi connectivity index (χ3v) is 6.90. The molecular formula is C21H21ClN4O3S2. The minimum absolute atomic E-state index is 0.0308. The Kier molecular flexibility index (Phi) is 6.84. The second-order valence-electron chi connectivity index (χ2n) is 7.22. The maximum atomic E-state index is 12.8. The van der Waals surface area contributed by atoms with Crippen molar-refractivity contribution in [2.45, 2.75) is 26.4 Å². The largest absolute Gasteiger partial charge is 0.486 e. The van der Waals surface area contributed by atoms with Crippen LogP contribution < -0.4 is 10.1 Å². The number of rotatable bonds is 6. The van der Waals surface area contributed by atoms with Crippen LogP contribution in [-0.4, -0.2) is 39.8 Å². The lowest BCUT2D eigenvalue weighted by Crippen LogP contribution is -2.41. The van der Waals surface area contributed by atoms with E-state index in [9.17, 15) is 9.59 Å². The van der Waals surface area contributed by atoms with Crippen molar-refractivity contribution in [2.24, 2.45) is 5.92 Å². The molecule has 0 bridgehead atoms. The predicted octanol–water partition coefficient (Wildman–Crippen LogP) is 4.63. The van der Waals surface area contributed by atoms with E-state index in [2.05, 4.69) is 15.3 Å². The van der Waals surface area contributed by atoms with Crippen LogP contribution in [0, 0.1) is 12.8 Å². The van der Waals surface area contributed by atoms with Crippen molar-refractivity contribution >= 4 is 51.2 Å². The van der Waals surface area contributed by atoms with E-state index in [1.807, 2.05) is 12.3 Å². The molecule has 162 valence electrons. The fraction of sp³-hybridized carbons (Fsp3) is 0.333. The molecule has 1 aliphatic rings. The summed E-state index contributed by atoms with van der Waals surface area (Å²) in [6, 6.07) is 7.10. The number of aryl methyl sites for hydroxylation is 1. The van der Waals surface area contributed by atoms with Crippen LogP contribution >= 0.6 is 34.3 Å². The number of halogens is 1. The van der Waals surface area contributed by atoms with Crippen molar-refractivity contribution in [3.63, 3.8) is 0 Å². The Bertz CT molecular complexity index is 1060. The van der Waals surface area contributed by atoms with Gasteiger partial charge >= 0.3 is 0 Å². The Morgan fingerprint density at radius 1 is 1.16 bits per heavy atom. The molecular weight excluding hydrogens is 456 g/mol. The third kappa shape index (κ3) is 5.61. The monoisotopic (exact) mass is 476 g/mol. The quantitative estimate of drug-likeness (QED) is 0.560. The second kappa shape index (κ2) is 9.76. The molecule has 31 heavy (non-hydrogen) atoms. The Labute approximate surface area is 193 Å². The molecule has 0 atom stereocenters. The Hall–Kier alpha value is -2.49. The van der Waals surface area contributed by atoms with Crippen LogP contribution in [0.4, 0.5) is 5.13 Å². The number of amides is 2. The van der Waals surface area contributed by atoms with Gasteiger partial charge in [-0.05, 0) is 44.0 Å². The number of anilines is 1. The molecule has 1 fully saturated rings. The molecule has 10 heteroatoms. The Morgan fingerprint density at radius 3 is 2.58 bits per heavy atom. The van der Waals surface area contributed by atoms with Crippen LogP contribution in [0.15, 0.2) is 35.0 Å². The van der Waals surface area contributed by atoms with Gasteiger partial charge in [-0.25, -0.2) is 9.97 Å². The number of likely N-dealkylation sites (tertiary alicyclic amines) is 1. The van der Waals surface area contributed by atoms with Gasteiger partial charge in [-0.15, -0.1) is 22.7 Å². The Morgan fingerprint density at radius 2 is 1.90 bits per heavy atom. The first-order valence-electron chi connectivity index (χ1n) is 9.83. The first kappa shape index (κ1) is 21.7. The summed E-state index contributed by atoms with van der Waals surface area (Å²) in [5, 5.41) is 8.53. The summed E-state index contributed by atoms with van der Waals surface area (Å²) < 4.78 is 5.69. The smallest absolute Gasteiger partial charge is 0.273 e. The summed E-state index contributed by atoms with van der Waals surface area (Å²) in [4.78, 5) is 35.7. The van der Waals surface area contributed by atoms with Gasteiger partial charge in [-0.1, -0.05) is 11.6 Å². The van der Waals surface area contributed by atoms with Gasteiger partial charge in [0.1, 0.15) is 23.1 Å². The first-order chi connectivity index (χ1) is 15.0. The van der Waals surface area contributed by atoms with E-state index in [0.29, 0.717) is 47.5 Å². The number of aromatic nitrogens is 2. The van der Waals surface area contributed by atoms with Gasteiger partial charge in [-0.3, -0.25) is 9.59 Å². The average Bonchev–Trinajstić information content (AvgIpc) is 3.42. The average molecular weight is 477 g/mol. The van der Waals surface area contributed by atoms with Gasteiger partial charge in [0, 0.05) is 34.8 Å². The molecule has 0 unspecified atom stereocenters. The van der Waals surface area contributed by atoms with E-state index in [-0.39, 0.29) is 24.3 Å². The van der Waals surface area contributed by atoms with E-state index in [4.69, 9.17) is 16.3 Å². The van der Waals surface area contributed by atoms with E-state index >= 15 is 0 Å². The van der Waals surface area contributed by atoms with Crippen LogP contribution in [0.25, 0.3) is 0 Å². The molecule has 2 aromatic heterocycles. The number of nitrogens with zero attached hydrogens (tertiary/aromatic N) is 3. The van der Waals surface area contributed by atoms with Gasteiger partial charge in [0.25, 0.3) is 5.91 Å². The van der Waals surface area contributed by atoms with Crippen LogP contribution in [0.5, 0.6) is 5.75 Å². The van der Waals surface area contributed by atoms with Crippen molar-refractivity contribution < 1.29 is 14.3 Å². The van der Waals surface area contributed by atoms with Gasteiger partial charge in [-0.2, -0.15) is 0 Å². The zero-order valence-electron chi connectivity index (χ0n) is 16.8. The van der Waals surface area contributed by atoms with E-state index in [0.717, 1.165) is 10.7 Å². The number of hydrogen-bond donors (Lipinski definition) is 1. The highest BCUT2D eigenvalue weighted by molar-refractivity contribution is 7.13. The van der Waals surface area contributed by atoms with Crippen molar-refractivity contribution in [3.05, 3.63) is 56.4 Å². The lowest BCUT2D eigenvalue weighted by Gasteiger charge is -2.30. The molecule has 7 nitrogen and oxygen atoms in total. The maximum absolute atomic E-state index is 12.8. The lowest BCUT2D eigenvalue weighted by atomic mass is 9.96. The number of thiazole rings is 2. The van der Waals surface area contributed by atoms with Crippen molar-refractivity contribution in [3.8, 4) is 5.75 Å². The number of ether oxygens (including phenoxy) is 1. The van der Waals surface area contributed by atoms with Crippen LogP contribution in [0.2, 0.25) is 5.02 Å². The van der Waals surface area contributed by atoms with Crippen molar-refractivity contribution in [2.75, 3.05) is 18.4 Å². The van der Waals surface area contributed by atoms with Gasteiger partial charge in [0.15, 0.2) is 5.13 Å². The highest BCUT2D eigenvalue weighted by atomic mass is 35.5. The van der Waals surface area contributed by atoms with Gasteiger partial charge in [0.2, 0.25) is 5.91 Å². The number of piperidine rings is 1. The Balaban J connectivity index is 1.26. The van der Waals surface area contributed by atoms with E-state index < -0.39 is 0 Å². The minimum atomic E-state index is -0.118. The highest BCUT2D eigenvalue weighted by Gasteiger charge is 2.29. The fourth-order valence-corrected chi connectivity index (χ4v) is 4.77. The first-order valence-corrected chi connectivity index (χ1v) is 12.0. The molecule has 1 aromatic carbocycles. The van der Waals surface area contributed by atoms with E-state index in [1.54, 1.807) is 34.5 Å². The van der Waals surface area contributed by atoms with Crippen molar-refractivity contribution in [1.29, 1.82) is 0 Å². The molecule has 0 saturated carbocycles. The lowest BCUT2D eigenvalue weighted by molar-refractivity contribution is -0.121. The summed E-state index contributed by atoms with van der Waals surface area (Å²) in [6.07, 6.45) is 1.25. The molecule has 3 heterocycles. The molecule has 1 saturated heterocycles. The number of benzene rings is 1. The summed E-state index contributed by atoms with van der Waals surface area (Å²) in [7, 11) is 0. The topological polar surface area (TPSA) is 84.4 Å². The van der Waals surface area contributed by atoms with Crippen molar-refractivity contribution in [1.82, 2.24) is 14.9 Å². The standard InChI is InChI=1S/C21H21ClN4O3S2/c1-13-11-31-21(23-13)25-19(27)14-6-8-26(9-7-14)20(28)17-12-30-18(24-17)10-29-16-4-2-15(22)3-5-16/h2-5,11-12,14H,6-10H2,1H3,(H,23,25,27). The van der Waals surface area contributed by atoms with E-state index in [1.165, 1.54) is 22.7 Å². The molecule has 3 aromatic rings. The number of hydrogen-bond acceptors (Lipinski definition) is 7. The zero-order chi connectivity index (χ0) is 21.8. The summed E-state index contributed by atoms with van der Waals surface area (Å²) in [5.41, 5.74) is 1.31. The molecule has 2 amide bonds. The molecule has 1 N–H and O–H groups in total. The van der Waals surface area contributed by atoms with Crippen LogP contribution in [0.3, 0.4) is 0 Å². The number of carbonyl (C=O) groups is 2. The number of nitrogens with one attached hydrogen (secondary N) is 1. The third-order valence-electron chi connectivity index (χ3n) is 4.95. The van der Waals surface area contributed by atoms with Crippen LogP contribution in [0.1, 0.15) is 34.0 Å². The summed E-state index contributed by atoms with van der Waals surface area (Å²) >= 11 is 8.68. The summed E-state index contributed by atoms with van der Waals surface area (Å²) in [6.45, 7) is 3.24. The molecule has 4 rings (SSSR count). The molecule has 0 spiro atoms. The maximum Gasteiger partial charge on any atom is 0.273 e. The van der Waals surface area contributed by atoms with Gasteiger partial charge < -0.3 is 15.0 Å². The second-order valence-corrected chi connectivity index (χ2v) is 9.46.